The standard InChI is InChI=1S/C3H5NO2/c4-2-1-3(5)6/h4H,1-2H2. The number of hydrogen-bond acceptors (Lipinski definition) is 1. The van der Waals surface area contributed by atoms with E-state index in [-0.39, 0.29) is 13.0 Å². The van der Waals surface area contributed by atoms with Crippen LogP contribution < -0.4 is 5.73 Å². The molecular formula is C3H5NO2. The van der Waals surface area contributed by atoms with Crippen LogP contribution >= 0.6 is 0 Å². The molecule has 1 N–H and O–H groups in total. The third-order valence-corrected chi connectivity index (χ3v) is 0.329. The van der Waals surface area contributed by atoms with Crippen molar-refractivity contribution in [2.75, 3.05) is 6.54 Å². The van der Waals surface area contributed by atoms with Crippen molar-refractivity contribution in [1.29, 1.82) is 0 Å². The first-order valence-electron chi connectivity index (χ1n) is 1.62. The van der Waals surface area contributed by atoms with Gasteiger partial charge in [0.15, 0.2) is 0 Å². The summed E-state index contributed by atoms with van der Waals surface area (Å²) in [6.07, 6.45) is -0.153. The van der Waals surface area contributed by atoms with Crippen LogP contribution in [0.1, 0.15) is 6.42 Å². The second kappa shape index (κ2) is 2.66. The zero-order chi connectivity index (χ0) is 4.99. The van der Waals surface area contributed by atoms with Gasteiger partial charge in [0.1, 0.15) is 0 Å². The lowest BCUT2D eigenvalue weighted by atomic mass is 10.5. The maximum atomic E-state index is 9.37. The monoisotopic (exact) mass is 87.0 g/mol. The van der Waals surface area contributed by atoms with E-state index in [1.54, 1.807) is 0 Å². The summed E-state index contributed by atoms with van der Waals surface area (Å²) in [7, 11) is 0. The van der Waals surface area contributed by atoms with Crippen LogP contribution in [-0.2, 0) is 9.90 Å². The van der Waals surface area contributed by atoms with Crippen LogP contribution in [-0.4, -0.2) is 12.5 Å². The highest BCUT2D eigenvalue weighted by molar-refractivity contribution is 5.66. The lowest BCUT2D eigenvalue weighted by Crippen LogP contribution is -1.95. The molecule has 0 saturated carbocycles. The predicted octanol–water partition coefficient (Wildman–Crippen LogP) is -0.384. The van der Waals surface area contributed by atoms with Crippen molar-refractivity contribution in [2.24, 2.45) is 0 Å². The Morgan fingerprint density at radius 2 is 2.17 bits per heavy atom. The third-order valence-electron chi connectivity index (χ3n) is 0.329. The van der Waals surface area contributed by atoms with E-state index in [4.69, 9.17) is 5.73 Å². The molecule has 0 spiro atoms. The summed E-state index contributed by atoms with van der Waals surface area (Å²) in [5, 5.41) is 9.37. The van der Waals surface area contributed by atoms with Gasteiger partial charge in [-0.2, -0.15) is 0 Å². The van der Waals surface area contributed by atoms with E-state index < -0.39 is 5.97 Å². The Bertz CT molecular complexity index is 52.8. The maximum absolute atomic E-state index is 9.37. The summed E-state index contributed by atoms with van der Waals surface area (Å²) >= 11 is 0. The van der Waals surface area contributed by atoms with Crippen molar-refractivity contribution >= 4 is 5.97 Å². The molecule has 34 valence electrons. The molecule has 0 bridgehead atoms. The molecule has 0 rings (SSSR count). The smallest absolute Gasteiger partial charge is 0.257 e. The maximum Gasteiger partial charge on any atom is 0.356 e. The van der Waals surface area contributed by atoms with Crippen molar-refractivity contribution in [1.82, 2.24) is 5.73 Å². The van der Waals surface area contributed by atoms with Crippen molar-refractivity contribution < 1.29 is 9.90 Å². The zero-order valence-corrected chi connectivity index (χ0v) is 3.23. The molecule has 2 radical (unpaired) electrons. The first-order chi connectivity index (χ1) is 2.77. The van der Waals surface area contributed by atoms with Crippen molar-refractivity contribution in [2.45, 2.75) is 6.42 Å². The highest BCUT2D eigenvalue weighted by Gasteiger charge is 1.92. The molecule has 0 fully saturated rings. The average Bonchev–Trinajstić information content (AvgIpc) is 1.35. The molecule has 0 saturated heterocycles. The summed E-state index contributed by atoms with van der Waals surface area (Å²) in [5.74, 6) is -1.15. The van der Waals surface area contributed by atoms with E-state index in [1.807, 2.05) is 0 Å². The Morgan fingerprint density at radius 3 is 2.17 bits per heavy atom. The van der Waals surface area contributed by atoms with E-state index in [9.17, 15) is 9.90 Å². The molecule has 0 unspecified atom stereocenters. The number of carbonyl (C=O) groups is 1. The fraction of sp³-hybridized carbons (Fsp3) is 0.667. The van der Waals surface area contributed by atoms with Gasteiger partial charge in [-0.05, 0) is 0 Å². The Balaban J connectivity index is 2.83. The highest BCUT2D eigenvalue weighted by atomic mass is 16.4. The summed E-state index contributed by atoms with van der Waals surface area (Å²) in [6, 6.07) is 0. The van der Waals surface area contributed by atoms with E-state index >= 15 is 0 Å². The second-order valence-corrected chi connectivity index (χ2v) is 0.872. The van der Waals surface area contributed by atoms with E-state index in [2.05, 4.69) is 0 Å². The van der Waals surface area contributed by atoms with Gasteiger partial charge in [-0.3, -0.25) is 5.73 Å². The molecule has 3 heteroatoms. The first-order valence-corrected chi connectivity index (χ1v) is 1.62. The number of carbonyl (C=O) groups excluding carboxylic acids is 1. The van der Waals surface area contributed by atoms with Crippen LogP contribution in [0.15, 0.2) is 0 Å². The Labute approximate surface area is 35.8 Å². The molecule has 0 aromatic heterocycles. The van der Waals surface area contributed by atoms with Crippen molar-refractivity contribution in [3.8, 4) is 0 Å². The highest BCUT2D eigenvalue weighted by Crippen LogP contribution is 1.70. The van der Waals surface area contributed by atoms with Gasteiger partial charge < -0.3 is 0 Å². The molecular weight excluding hydrogens is 82.0 g/mol. The molecule has 0 heterocycles. The van der Waals surface area contributed by atoms with Gasteiger partial charge in [-0.25, -0.2) is 9.90 Å². The predicted molar refractivity (Wildman–Crippen MR) is 18.3 cm³/mol. The number of hydrogen-bond donors (Lipinski definition) is 0. The first kappa shape index (κ1) is 5.43. The lowest BCUT2D eigenvalue weighted by molar-refractivity contribution is -0.142. The minimum absolute atomic E-state index is 0.0810. The average molecular weight is 87.1 g/mol. The fourth-order valence-corrected chi connectivity index (χ4v) is 0.102. The summed E-state index contributed by atoms with van der Waals surface area (Å²) < 4.78 is 0. The quantitative estimate of drug-likeness (QED) is 0.452. The molecule has 6 heavy (non-hydrogen) atoms. The molecule has 0 aliphatic carbocycles. The molecule has 0 atom stereocenters. The van der Waals surface area contributed by atoms with Gasteiger partial charge in [0.25, 0.3) is 0 Å². The number of rotatable bonds is 2. The zero-order valence-electron chi connectivity index (χ0n) is 3.23. The largest absolute Gasteiger partial charge is 0.356 e. The topological polar surface area (TPSA) is 60.8 Å². The van der Waals surface area contributed by atoms with Crippen LogP contribution in [0.3, 0.4) is 0 Å². The van der Waals surface area contributed by atoms with E-state index in [0.717, 1.165) is 0 Å². The van der Waals surface area contributed by atoms with Crippen LogP contribution in [0.4, 0.5) is 0 Å². The van der Waals surface area contributed by atoms with Gasteiger partial charge in [0, 0.05) is 6.54 Å². The molecule has 0 aromatic rings. The molecule has 3 nitrogen and oxygen atoms in total. The van der Waals surface area contributed by atoms with Crippen molar-refractivity contribution in [3.63, 3.8) is 0 Å². The number of nitrogens with one attached hydrogen (secondary N) is 1. The molecule has 0 aromatic carbocycles. The Morgan fingerprint density at radius 1 is 1.67 bits per heavy atom. The molecule has 0 aliphatic heterocycles. The minimum atomic E-state index is -1.15. The van der Waals surface area contributed by atoms with Crippen LogP contribution in [0.2, 0.25) is 0 Å². The van der Waals surface area contributed by atoms with Crippen molar-refractivity contribution in [3.05, 3.63) is 0 Å². The SMILES string of the molecule is [NH]CCC([O])=O. The van der Waals surface area contributed by atoms with Gasteiger partial charge >= 0.3 is 5.97 Å². The minimum Gasteiger partial charge on any atom is -0.257 e. The van der Waals surface area contributed by atoms with E-state index in [0.29, 0.717) is 0 Å². The van der Waals surface area contributed by atoms with Gasteiger partial charge in [-0.15, -0.1) is 0 Å². The summed E-state index contributed by atoms with van der Waals surface area (Å²) in [6.45, 7) is -0.0810. The van der Waals surface area contributed by atoms with Crippen LogP contribution in [0.5, 0.6) is 0 Å². The Kier molecular flexibility index (Phi) is 2.40. The van der Waals surface area contributed by atoms with Gasteiger partial charge in [-0.1, -0.05) is 0 Å². The van der Waals surface area contributed by atoms with Crippen LogP contribution in [0.25, 0.3) is 0 Å². The third kappa shape index (κ3) is 3.43. The summed E-state index contributed by atoms with van der Waals surface area (Å²) in [4.78, 5) is 9.37. The summed E-state index contributed by atoms with van der Waals surface area (Å²) in [5.41, 5.74) is 6.31. The van der Waals surface area contributed by atoms with E-state index in [1.165, 1.54) is 0 Å². The van der Waals surface area contributed by atoms with Gasteiger partial charge in [0.05, 0.1) is 6.42 Å². The van der Waals surface area contributed by atoms with Crippen LogP contribution in [0, 0.1) is 0 Å². The molecule has 0 aliphatic rings. The second-order valence-electron chi connectivity index (χ2n) is 0.872. The van der Waals surface area contributed by atoms with Gasteiger partial charge in [0.2, 0.25) is 0 Å². The lowest BCUT2D eigenvalue weighted by Gasteiger charge is -1.75. The Hall–Kier alpha value is -0.570. The molecule has 0 amide bonds. The normalized spacial score (nSPS) is 8.17. The fourth-order valence-electron chi connectivity index (χ4n) is 0.102.